The van der Waals surface area contributed by atoms with Gasteiger partial charge in [-0.1, -0.05) is 11.6 Å². The number of ether oxygens (including phenoxy) is 1. The molecule has 0 radical (unpaired) electrons. The molecule has 3 heteroatoms. The number of carbonyl (C=O) groups excluding carboxylic acids is 1. The Morgan fingerprint density at radius 3 is 2.31 bits per heavy atom. The van der Waals surface area contributed by atoms with Crippen molar-refractivity contribution in [1.29, 1.82) is 0 Å². The lowest BCUT2D eigenvalue weighted by molar-refractivity contribution is -0.118. The Labute approximate surface area is 82.5 Å². The first-order valence-electron chi connectivity index (χ1n) is 3.94. The Kier molecular flexibility index (Phi) is 2.94. The number of carbonyl (C=O) groups is 1. The van der Waals surface area contributed by atoms with Crippen LogP contribution in [0.1, 0.15) is 13.8 Å². The minimum atomic E-state index is -0.784. The summed E-state index contributed by atoms with van der Waals surface area (Å²) in [5, 5.41) is 0.649. The third-order valence-electron chi connectivity index (χ3n) is 1.48. The average Bonchev–Trinajstić information content (AvgIpc) is 2.09. The van der Waals surface area contributed by atoms with E-state index in [-0.39, 0.29) is 0 Å². The molecule has 13 heavy (non-hydrogen) atoms. The summed E-state index contributed by atoms with van der Waals surface area (Å²) in [7, 11) is 0. The van der Waals surface area contributed by atoms with Crippen LogP contribution in [0.25, 0.3) is 0 Å². The number of halogens is 1. The normalized spacial score (nSPS) is 11.0. The van der Waals surface area contributed by atoms with Crippen molar-refractivity contribution in [3.05, 3.63) is 29.3 Å². The molecule has 0 atom stereocenters. The quantitative estimate of drug-likeness (QED) is 0.699. The summed E-state index contributed by atoms with van der Waals surface area (Å²) in [5.74, 6) is 0.640. The van der Waals surface area contributed by atoms with E-state index in [1.807, 2.05) is 0 Å². The first-order valence-corrected chi connectivity index (χ1v) is 4.32. The molecule has 0 aliphatic rings. The van der Waals surface area contributed by atoms with E-state index in [1.54, 1.807) is 38.1 Å². The molecule has 0 amide bonds. The smallest absolute Gasteiger partial charge is 0.162 e. The molecule has 2 nitrogen and oxygen atoms in total. The highest BCUT2D eigenvalue weighted by molar-refractivity contribution is 6.30. The monoisotopic (exact) mass is 198 g/mol. The predicted molar refractivity (Wildman–Crippen MR) is 52.2 cm³/mol. The van der Waals surface area contributed by atoms with E-state index in [0.29, 0.717) is 10.8 Å². The van der Waals surface area contributed by atoms with Crippen LogP contribution in [0.2, 0.25) is 5.02 Å². The lowest BCUT2D eigenvalue weighted by atomic mass is 10.2. The van der Waals surface area contributed by atoms with E-state index >= 15 is 0 Å². The molecule has 0 N–H and O–H groups in total. The van der Waals surface area contributed by atoms with Crippen LogP contribution in [-0.2, 0) is 4.79 Å². The fraction of sp³-hybridized carbons (Fsp3) is 0.300. The van der Waals surface area contributed by atoms with Gasteiger partial charge in [0, 0.05) is 5.02 Å². The second-order valence-corrected chi connectivity index (χ2v) is 3.71. The molecule has 0 unspecified atom stereocenters. The van der Waals surface area contributed by atoms with E-state index in [9.17, 15) is 4.79 Å². The Morgan fingerprint density at radius 2 is 1.85 bits per heavy atom. The maximum Gasteiger partial charge on any atom is 0.162 e. The molecule has 0 fully saturated rings. The summed E-state index contributed by atoms with van der Waals surface area (Å²) in [6.07, 6.45) is 0.765. The molecule has 0 saturated heterocycles. The molecule has 0 aliphatic heterocycles. The summed E-state index contributed by atoms with van der Waals surface area (Å²) < 4.78 is 5.38. The van der Waals surface area contributed by atoms with Crippen molar-refractivity contribution in [2.75, 3.05) is 0 Å². The summed E-state index contributed by atoms with van der Waals surface area (Å²) in [6.45, 7) is 3.41. The van der Waals surface area contributed by atoms with Gasteiger partial charge in [0.2, 0.25) is 0 Å². The van der Waals surface area contributed by atoms with E-state index in [4.69, 9.17) is 16.3 Å². The predicted octanol–water partition coefficient (Wildman–Crippen LogP) is 2.70. The Balaban J connectivity index is 2.75. The number of benzene rings is 1. The van der Waals surface area contributed by atoms with Gasteiger partial charge in [-0.3, -0.25) is 4.79 Å². The van der Waals surface area contributed by atoms with Crippen LogP contribution in [0.15, 0.2) is 24.3 Å². The van der Waals surface area contributed by atoms with Crippen molar-refractivity contribution in [3.8, 4) is 5.75 Å². The van der Waals surface area contributed by atoms with Crippen LogP contribution >= 0.6 is 11.6 Å². The van der Waals surface area contributed by atoms with Crippen LogP contribution in [0, 0.1) is 0 Å². The molecule has 1 rings (SSSR count). The van der Waals surface area contributed by atoms with Crippen molar-refractivity contribution < 1.29 is 9.53 Å². The maximum absolute atomic E-state index is 10.5. The van der Waals surface area contributed by atoms with Crippen molar-refractivity contribution >= 4 is 17.9 Å². The van der Waals surface area contributed by atoms with Crippen LogP contribution in [0.3, 0.4) is 0 Å². The molecular formula is C10H11ClO2. The lowest BCUT2D eigenvalue weighted by Gasteiger charge is -2.19. The summed E-state index contributed by atoms with van der Waals surface area (Å²) >= 11 is 5.69. The van der Waals surface area contributed by atoms with Crippen LogP contribution < -0.4 is 4.74 Å². The zero-order valence-corrected chi connectivity index (χ0v) is 8.34. The molecular weight excluding hydrogens is 188 g/mol. The highest BCUT2D eigenvalue weighted by atomic mass is 35.5. The van der Waals surface area contributed by atoms with Gasteiger partial charge in [0.1, 0.15) is 5.75 Å². The third kappa shape index (κ3) is 3.07. The fourth-order valence-corrected chi connectivity index (χ4v) is 0.956. The van der Waals surface area contributed by atoms with Crippen molar-refractivity contribution in [3.63, 3.8) is 0 Å². The number of rotatable bonds is 3. The molecule has 0 aliphatic carbocycles. The Hall–Kier alpha value is -1.02. The number of hydrogen-bond donors (Lipinski definition) is 0. The molecule has 1 aromatic rings. The molecule has 1 aromatic carbocycles. The van der Waals surface area contributed by atoms with Gasteiger partial charge in [0.25, 0.3) is 0 Å². The number of hydrogen-bond acceptors (Lipinski definition) is 2. The highest BCUT2D eigenvalue weighted by Crippen LogP contribution is 2.19. The van der Waals surface area contributed by atoms with E-state index in [1.165, 1.54) is 0 Å². The van der Waals surface area contributed by atoms with Gasteiger partial charge in [0.15, 0.2) is 11.9 Å². The van der Waals surface area contributed by atoms with Gasteiger partial charge in [-0.2, -0.15) is 0 Å². The van der Waals surface area contributed by atoms with E-state index < -0.39 is 5.60 Å². The largest absolute Gasteiger partial charge is 0.480 e. The zero-order chi connectivity index (χ0) is 9.90. The summed E-state index contributed by atoms with van der Waals surface area (Å²) in [5.41, 5.74) is -0.784. The molecule has 70 valence electrons. The van der Waals surface area contributed by atoms with Crippen LogP contribution in [0.5, 0.6) is 5.75 Å². The molecule has 0 aromatic heterocycles. The van der Waals surface area contributed by atoms with Crippen LogP contribution in [-0.4, -0.2) is 11.9 Å². The SMILES string of the molecule is CC(C)(C=O)Oc1ccc(Cl)cc1. The second kappa shape index (κ2) is 3.79. The maximum atomic E-state index is 10.5. The van der Waals surface area contributed by atoms with Gasteiger partial charge < -0.3 is 4.74 Å². The minimum Gasteiger partial charge on any atom is -0.480 e. The van der Waals surface area contributed by atoms with E-state index in [0.717, 1.165) is 6.29 Å². The zero-order valence-electron chi connectivity index (χ0n) is 7.58. The highest BCUT2D eigenvalue weighted by Gasteiger charge is 2.17. The fourth-order valence-electron chi connectivity index (χ4n) is 0.830. The first kappa shape index (κ1) is 10.1. The van der Waals surface area contributed by atoms with Crippen molar-refractivity contribution in [2.45, 2.75) is 19.4 Å². The van der Waals surface area contributed by atoms with Crippen molar-refractivity contribution in [2.24, 2.45) is 0 Å². The van der Waals surface area contributed by atoms with E-state index in [2.05, 4.69) is 0 Å². The molecule has 0 bridgehead atoms. The minimum absolute atomic E-state index is 0.640. The van der Waals surface area contributed by atoms with Crippen molar-refractivity contribution in [1.82, 2.24) is 0 Å². The topological polar surface area (TPSA) is 26.3 Å². The standard InChI is InChI=1S/C10H11ClO2/c1-10(2,7-12)13-9-5-3-8(11)4-6-9/h3-7H,1-2H3. The molecule has 0 heterocycles. The van der Waals surface area contributed by atoms with Crippen LogP contribution in [0.4, 0.5) is 0 Å². The molecule has 0 saturated carbocycles. The summed E-state index contributed by atoms with van der Waals surface area (Å²) in [4.78, 5) is 10.5. The Bertz CT molecular complexity index is 290. The first-order chi connectivity index (χ1) is 6.03. The lowest BCUT2D eigenvalue weighted by Crippen LogP contribution is -2.29. The third-order valence-corrected chi connectivity index (χ3v) is 1.73. The number of aldehydes is 1. The average molecular weight is 199 g/mol. The second-order valence-electron chi connectivity index (χ2n) is 3.28. The van der Waals surface area contributed by atoms with Gasteiger partial charge in [-0.05, 0) is 38.1 Å². The summed E-state index contributed by atoms with van der Waals surface area (Å²) in [6, 6.07) is 6.90. The van der Waals surface area contributed by atoms with Gasteiger partial charge >= 0.3 is 0 Å². The van der Waals surface area contributed by atoms with Gasteiger partial charge in [-0.15, -0.1) is 0 Å². The van der Waals surface area contributed by atoms with Gasteiger partial charge in [-0.25, -0.2) is 0 Å². The Morgan fingerprint density at radius 1 is 1.31 bits per heavy atom. The van der Waals surface area contributed by atoms with Gasteiger partial charge in [0.05, 0.1) is 0 Å². The molecule has 0 spiro atoms.